The maximum absolute atomic E-state index is 13.0. The molecular formula is C23H26BrNO2. The normalized spacial score (nSPS) is 20.9. The van der Waals surface area contributed by atoms with Crippen LogP contribution in [-0.2, 0) is 10.3 Å². The Morgan fingerprint density at radius 3 is 2.59 bits per heavy atom. The molecule has 1 heterocycles. The second kappa shape index (κ2) is 7.89. The van der Waals surface area contributed by atoms with Crippen LogP contribution in [0.5, 0.6) is 0 Å². The van der Waals surface area contributed by atoms with Crippen LogP contribution in [-0.4, -0.2) is 17.5 Å². The van der Waals surface area contributed by atoms with Crippen LogP contribution < -0.4 is 0 Å². The molecule has 0 saturated carbocycles. The minimum absolute atomic E-state index is 0.0378. The van der Waals surface area contributed by atoms with Gasteiger partial charge in [-0.05, 0) is 49.6 Å². The van der Waals surface area contributed by atoms with E-state index < -0.39 is 5.60 Å². The van der Waals surface area contributed by atoms with Gasteiger partial charge in [0.05, 0.1) is 6.04 Å². The van der Waals surface area contributed by atoms with Crippen molar-refractivity contribution in [3.8, 4) is 0 Å². The molecular weight excluding hydrogens is 402 g/mol. The van der Waals surface area contributed by atoms with Gasteiger partial charge in [-0.1, -0.05) is 64.5 Å². The van der Waals surface area contributed by atoms with Crippen molar-refractivity contribution in [2.24, 2.45) is 0 Å². The first kappa shape index (κ1) is 19.7. The van der Waals surface area contributed by atoms with Gasteiger partial charge in [0.1, 0.15) is 5.60 Å². The van der Waals surface area contributed by atoms with Crippen LogP contribution in [0.4, 0.5) is 4.79 Å². The molecule has 0 N–H and O–H groups in total. The number of halogens is 1. The highest BCUT2D eigenvalue weighted by molar-refractivity contribution is 9.10. The van der Waals surface area contributed by atoms with Crippen molar-refractivity contribution in [3.63, 3.8) is 0 Å². The van der Waals surface area contributed by atoms with E-state index in [1.165, 1.54) is 0 Å². The second-order valence-corrected chi connectivity index (χ2v) is 8.40. The first-order valence-corrected chi connectivity index (χ1v) is 10.1. The van der Waals surface area contributed by atoms with Gasteiger partial charge >= 0.3 is 6.09 Å². The highest BCUT2D eigenvalue weighted by Crippen LogP contribution is 2.41. The summed E-state index contributed by atoms with van der Waals surface area (Å²) in [5.41, 5.74) is 3.72. The van der Waals surface area contributed by atoms with Crippen molar-refractivity contribution in [1.29, 1.82) is 0 Å². The Kier molecular flexibility index (Phi) is 5.75. The molecule has 1 fully saturated rings. The number of carbonyl (C=O) groups excluding carboxylic acids is 1. The lowest BCUT2D eigenvalue weighted by Crippen LogP contribution is -2.48. The number of rotatable bonds is 5. The van der Waals surface area contributed by atoms with Crippen molar-refractivity contribution >= 4 is 22.0 Å². The summed E-state index contributed by atoms with van der Waals surface area (Å²) >= 11 is 3.50. The van der Waals surface area contributed by atoms with Crippen molar-refractivity contribution in [1.82, 2.24) is 4.90 Å². The minimum Gasteiger partial charge on any atom is -0.437 e. The molecule has 1 unspecified atom stereocenters. The summed E-state index contributed by atoms with van der Waals surface area (Å²) in [5.74, 6) is 0. The van der Waals surface area contributed by atoms with E-state index >= 15 is 0 Å². The summed E-state index contributed by atoms with van der Waals surface area (Å²) in [6.07, 6.45) is 1.12. The van der Waals surface area contributed by atoms with Crippen LogP contribution in [0.3, 0.4) is 0 Å². The first-order valence-electron chi connectivity index (χ1n) is 9.28. The smallest absolute Gasteiger partial charge is 0.411 e. The second-order valence-electron chi connectivity index (χ2n) is 7.48. The number of amides is 1. The molecule has 2 aromatic rings. The number of nitrogens with zero attached hydrogens (tertiary/aromatic N) is 1. The van der Waals surface area contributed by atoms with E-state index in [9.17, 15) is 4.79 Å². The Morgan fingerprint density at radius 2 is 2.00 bits per heavy atom. The third kappa shape index (κ3) is 4.11. The maximum Gasteiger partial charge on any atom is 0.411 e. The van der Waals surface area contributed by atoms with Crippen molar-refractivity contribution in [2.45, 2.75) is 45.3 Å². The van der Waals surface area contributed by atoms with Crippen LogP contribution in [0.2, 0.25) is 0 Å². The Balaban J connectivity index is 1.87. The molecule has 0 aromatic heterocycles. The molecule has 1 amide bonds. The van der Waals surface area contributed by atoms with Gasteiger partial charge in [-0.15, -0.1) is 0 Å². The number of cyclic esters (lactones) is 1. The average molecular weight is 428 g/mol. The quantitative estimate of drug-likeness (QED) is 0.508. The molecule has 0 radical (unpaired) electrons. The fourth-order valence-electron chi connectivity index (χ4n) is 3.96. The van der Waals surface area contributed by atoms with Gasteiger partial charge in [0.15, 0.2) is 0 Å². The Labute approximate surface area is 170 Å². The lowest BCUT2D eigenvalue weighted by Gasteiger charge is -2.44. The van der Waals surface area contributed by atoms with E-state index in [0.717, 1.165) is 33.2 Å². The maximum atomic E-state index is 13.0. The summed E-state index contributed by atoms with van der Waals surface area (Å²) in [6, 6.07) is 16.2. The summed E-state index contributed by atoms with van der Waals surface area (Å²) in [7, 11) is 0. The number of carbonyl (C=O) groups is 1. The topological polar surface area (TPSA) is 29.5 Å². The van der Waals surface area contributed by atoms with E-state index in [0.29, 0.717) is 13.0 Å². The minimum atomic E-state index is -0.630. The molecule has 27 heavy (non-hydrogen) atoms. The zero-order valence-electron chi connectivity index (χ0n) is 16.2. The molecule has 1 saturated heterocycles. The van der Waals surface area contributed by atoms with Crippen LogP contribution in [0.15, 0.2) is 65.2 Å². The summed E-state index contributed by atoms with van der Waals surface area (Å²) in [6.45, 7) is 10.8. The zero-order chi connectivity index (χ0) is 19.6. The van der Waals surface area contributed by atoms with Crippen molar-refractivity contribution < 1.29 is 9.53 Å². The van der Waals surface area contributed by atoms with Crippen LogP contribution >= 0.6 is 15.9 Å². The predicted octanol–water partition coefficient (Wildman–Crippen LogP) is 6.52. The van der Waals surface area contributed by atoms with Gasteiger partial charge in [0.25, 0.3) is 0 Å². The van der Waals surface area contributed by atoms with E-state index in [1.807, 2.05) is 48.2 Å². The molecule has 1 aliphatic heterocycles. The first-order chi connectivity index (χ1) is 12.8. The van der Waals surface area contributed by atoms with Crippen LogP contribution in [0.25, 0.3) is 0 Å². The molecule has 3 rings (SSSR count). The molecule has 1 aliphatic rings. The molecule has 2 atom stereocenters. The van der Waals surface area contributed by atoms with Gasteiger partial charge < -0.3 is 9.64 Å². The van der Waals surface area contributed by atoms with Gasteiger partial charge in [0, 0.05) is 23.9 Å². The SMILES string of the molecule is C=C(C)C[C@@]1(c2ccccc2)CCN(C(C)c2ccc(Br)cc2C)C(=O)O1. The Morgan fingerprint density at radius 1 is 1.30 bits per heavy atom. The monoisotopic (exact) mass is 427 g/mol. The lowest BCUT2D eigenvalue weighted by atomic mass is 9.83. The third-order valence-electron chi connectivity index (χ3n) is 5.31. The number of ether oxygens (including phenoxy) is 1. The van der Waals surface area contributed by atoms with Gasteiger partial charge in [-0.2, -0.15) is 0 Å². The zero-order valence-corrected chi connectivity index (χ0v) is 17.8. The molecule has 3 nitrogen and oxygen atoms in total. The third-order valence-corrected chi connectivity index (χ3v) is 5.80. The standard InChI is InChI=1S/C23H26BrNO2/c1-16(2)15-23(19-8-6-5-7-9-19)12-13-25(22(26)27-23)18(4)21-11-10-20(24)14-17(21)3/h5-11,14,18H,1,12-13,15H2,2-4H3/t18?,23-/m1/s1. The summed E-state index contributed by atoms with van der Waals surface area (Å²) in [5, 5.41) is 0. The number of hydrogen-bond donors (Lipinski definition) is 0. The van der Waals surface area contributed by atoms with E-state index in [1.54, 1.807) is 0 Å². The number of benzene rings is 2. The predicted molar refractivity (Wildman–Crippen MR) is 113 cm³/mol. The Bertz CT molecular complexity index is 849. The molecule has 2 aromatic carbocycles. The fourth-order valence-corrected chi connectivity index (χ4v) is 4.43. The van der Waals surface area contributed by atoms with Gasteiger partial charge in [-0.3, -0.25) is 0 Å². The Hall–Kier alpha value is -2.07. The number of hydrogen-bond acceptors (Lipinski definition) is 2. The van der Waals surface area contributed by atoms with Gasteiger partial charge in [-0.25, -0.2) is 4.79 Å². The molecule has 0 spiro atoms. The van der Waals surface area contributed by atoms with Crippen molar-refractivity contribution in [3.05, 3.63) is 81.8 Å². The highest BCUT2D eigenvalue weighted by atomic mass is 79.9. The molecule has 142 valence electrons. The lowest BCUT2D eigenvalue weighted by molar-refractivity contribution is -0.0603. The van der Waals surface area contributed by atoms with Gasteiger partial charge in [0.2, 0.25) is 0 Å². The molecule has 4 heteroatoms. The molecule has 0 aliphatic carbocycles. The molecule has 0 bridgehead atoms. The number of aryl methyl sites for hydroxylation is 1. The summed E-state index contributed by atoms with van der Waals surface area (Å²) < 4.78 is 7.15. The van der Waals surface area contributed by atoms with Crippen LogP contribution in [0.1, 0.15) is 49.4 Å². The summed E-state index contributed by atoms with van der Waals surface area (Å²) in [4.78, 5) is 14.9. The average Bonchev–Trinajstić information content (AvgIpc) is 2.61. The van der Waals surface area contributed by atoms with E-state index in [-0.39, 0.29) is 12.1 Å². The fraction of sp³-hybridized carbons (Fsp3) is 0.348. The van der Waals surface area contributed by atoms with E-state index in [4.69, 9.17) is 4.74 Å². The van der Waals surface area contributed by atoms with E-state index in [2.05, 4.69) is 48.5 Å². The van der Waals surface area contributed by atoms with Crippen LogP contribution in [0, 0.1) is 6.92 Å². The van der Waals surface area contributed by atoms with Crippen molar-refractivity contribution in [2.75, 3.05) is 6.54 Å². The highest BCUT2D eigenvalue weighted by Gasteiger charge is 2.43. The largest absolute Gasteiger partial charge is 0.437 e.